The van der Waals surface area contributed by atoms with Gasteiger partial charge in [-0.15, -0.1) is 0 Å². The average Bonchev–Trinajstić information content (AvgIpc) is 2.82. The maximum absolute atomic E-state index is 13.3. The molecule has 0 saturated carbocycles. The van der Waals surface area contributed by atoms with Gasteiger partial charge in [-0.3, -0.25) is 9.59 Å². The number of nitrogens with zero attached hydrogens (tertiary/aromatic N) is 2. The summed E-state index contributed by atoms with van der Waals surface area (Å²) in [6.45, 7) is 1.15. The van der Waals surface area contributed by atoms with E-state index >= 15 is 0 Å². The number of methoxy groups -OCH3 is 3. The van der Waals surface area contributed by atoms with Crippen LogP contribution in [-0.4, -0.2) is 57.2 Å². The van der Waals surface area contributed by atoms with Crippen LogP contribution >= 0.6 is 0 Å². The number of aryl methyl sites for hydroxylation is 1. The van der Waals surface area contributed by atoms with Gasteiger partial charge in [-0.05, 0) is 30.9 Å². The van der Waals surface area contributed by atoms with E-state index in [0.717, 1.165) is 24.9 Å². The lowest BCUT2D eigenvalue weighted by Gasteiger charge is -2.41. The third-order valence-corrected chi connectivity index (χ3v) is 6.18. The number of ether oxygens (including phenoxy) is 3. The molecular formula is C24H28N2O5. The standard InChI is InChI=1S/C24H28N2O5/c1-29-20-15-22(31-3)21(30-2)14-18(20)24(28)25-12-10-17(11-13-25)26-19-7-5-4-6-16(19)8-9-23(26)27/h4-7,14-15,17H,8-13H2,1-3H3. The number of hydrogen-bond donors (Lipinski definition) is 0. The van der Waals surface area contributed by atoms with Crippen molar-refractivity contribution >= 4 is 17.5 Å². The molecule has 0 spiro atoms. The number of likely N-dealkylation sites (tertiary alicyclic amines) is 1. The van der Waals surface area contributed by atoms with Crippen molar-refractivity contribution in [3.8, 4) is 17.2 Å². The van der Waals surface area contributed by atoms with Gasteiger partial charge in [0, 0.05) is 43.4 Å². The third kappa shape index (κ3) is 3.92. The summed E-state index contributed by atoms with van der Waals surface area (Å²) in [6.07, 6.45) is 2.81. The second kappa shape index (κ2) is 8.88. The van der Waals surface area contributed by atoms with E-state index in [1.54, 1.807) is 19.2 Å². The van der Waals surface area contributed by atoms with Crippen molar-refractivity contribution in [2.45, 2.75) is 31.7 Å². The first-order valence-corrected chi connectivity index (χ1v) is 10.6. The summed E-state index contributed by atoms with van der Waals surface area (Å²) in [6, 6.07) is 11.6. The lowest BCUT2D eigenvalue weighted by molar-refractivity contribution is -0.119. The van der Waals surface area contributed by atoms with E-state index in [1.807, 2.05) is 28.0 Å². The van der Waals surface area contributed by atoms with Crippen LogP contribution in [0.3, 0.4) is 0 Å². The van der Waals surface area contributed by atoms with Crippen molar-refractivity contribution in [3.63, 3.8) is 0 Å². The lowest BCUT2D eigenvalue weighted by Crippen LogP contribution is -2.50. The molecule has 0 unspecified atom stereocenters. The second-order valence-corrected chi connectivity index (χ2v) is 7.82. The van der Waals surface area contributed by atoms with Crippen molar-refractivity contribution < 1.29 is 23.8 Å². The largest absolute Gasteiger partial charge is 0.496 e. The van der Waals surface area contributed by atoms with Gasteiger partial charge in [0.15, 0.2) is 11.5 Å². The molecule has 2 aliphatic rings. The molecule has 0 aromatic heterocycles. The number of hydrogen-bond acceptors (Lipinski definition) is 5. The van der Waals surface area contributed by atoms with Crippen LogP contribution in [-0.2, 0) is 11.2 Å². The molecule has 4 rings (SSSR count). The average molecular weight is 424 g/mol. The van der Waals surface area contributed by atoms with Gasteiger partial charge < -0.3 is 24.0 Å². The molecule has 7 nitrogen and oxygen atoms in total. The third-order valence-electron chi connectivity index (χ3n) is 6.18. The predicted octanol–water partition coefficient (Wildman–Crippen LogP) is 3.30. The highest BCUT2D eigenvalue weighted by molar-refractivity contribution is 5.98. The molecule has 0 N–H and O–H groups in total. The van der Waals surface area contributed by atoms with Crippen molar-refractivity contribution in [2.75, 3.05) is 39.3 Å². The maximum atomic E-state index is 13.3. The van der Waals surface area contributed by atoms with E-state index in [2.05, 4.69) is 6.07 Å². The van der Waals surface area contributed by atoms with E-state index in [9.17, 15) is 9.59 Å². The van der Waals surface area contributed by atoms with Crippen molar-refractivity contribution in [1.29, 1.82) is 0 Å². The van der Waals surface area contributed by atoms with Gasteiger partial charge in [-0.2, -0.15) is 0 Å². The number of piperidine rings is 1. The number of para-hydroxylation sites is 1. The minimum Gasteiger partial charge on any atom is -0.496 e. The Labute approximate surface area is 182 Å². The number of rotatable bonds is 5. The monoisotopic (exact) mass is 424 g/mol. The smallest absolute Gasteiger partial charge is 0.257 e. The molecule has 0 aliphatic carbocycles. The Morgan fingerprint density at radius 3 is 2.23 bits per heavy atom. The number of anilines is 1. The second-order valence-electron chi connectivity index (χ2n) is 7.82. The van der Waals surface area contributed by atoms with Crippen molar-refractivity contribution in [1.82, 2.24) is 4.90 Å². The fourth-order valence-electron chi connectivity index (χ4n) is 4.55. The van der Waals surface area contributed by atoms with Crippen LogP contribution in [0.4, 0.5) is 5.69 Å². The molecule has 1 fully saturated rings. The quantitative estimate of drug-likeness (QED) is 0.737. The Morgan fingerprint density at radius 1 is 0.903 bits per heavy atom. The van der Waals surface area contributed by atoms with Crippen LogP contribution in [0.15, 0.2) is 36.4 Å². The van der Waals surface area contributed by atoms with Gasteiger partial charge in [-0.25, -0.2) is 0 Å². The number of fused-ring (bicyclic) bond motifs is 1. The van der Waals surface area contributed by atoms with E-state index in [4.69, 9.17) is 14.2 Å². The summed E-state index contributed by atoms with van der Waals surface area (Å²) in [4.78, 5) is 29.7. The summed E-state index contributed by atoms with van der Waals surface area (Å²) in [7, 11) is 4.62. The molecule has 31 heavy (non-hydrogen) atoms. The molecule has 164 valence electrons. The Kier molecular flexibility index (Phi) is 6.02. The normalized spacial score (nSPS) is 16.7. The van der Waals surface area contributed by atoms with Gasteiger partial charge >= 0.3 is 0 Å². The highest BCUT2D eigenvalue weighted by Gasteiger charge is 2.34. The summed E-state index contributed by atoms with van der Waals surface area (Å²) in [5.74, 6) is 1.51. The van der Waals surface area contributed by atoms with Crippen LogP contribution in [0.5, 0.6) is 17.2 Å². The zero-order valence-corrected chi connectivity index (χ0v) is 18.2. The number of carbonyl (C=O) groups excluding carboxylic acids is 2. The van der Waals surface area contributed by atoms with Crippen LogP contribution in [0.1, 0.15) is 35.2 Å². The Balaban J connectivity index is 1.51. The molecule has 2 amide bonds. The zero-order chi connectivity index (χ0) is 22.0. The van der Waals surface area contributed by atoms with Gasteiger partial charge in [-0.1, -0.05) is 18.2 Å². The van der Waals surface area contributed by atoms with Gasteiger partial charge in [0.1, 0.15) is 5.75 Å². The molecule has 0 atom stereocenters. The Morgan fingerprint density at radius 2 is 1.55 bits per heavy atom. The summed E-state index contributed by atoms with van der Waals surface area (Å²) in [5, 5.41) is 0. The fourth-order valence-corrected chi connectivity index (χ4v) is 4.55. The molecule has 2 aliphatic heterocycles. The highest BCUT2D eigenvalue weighted by Crippen LogP contribution is 2.36. The van der Waals surface area contributed by atoms with Crippen LogP contribution < -0.4 is 19.1 Å². The summed E-state index contributed by atoms with van der Waals surface area (Å²) >= 11 is 0. The highest BCUT2D eigenvalue weighted by atomic mass is 16.5. The van der Waals surface area contributed by atoms with Crippen LogP contribution in [0.25, 0.3) is 0 Å². The maximum Gasteiger partial charge on any atom is 0.257 e. The minimum absolute atomic E-state index is 0.102. The molecule has 0 radical (unpaired) electrons. The first-order valence-electron chi connectivity index (χ1n) is 10.6. The van der Waals surface area contributed by atoms with Gasteiger partial charge in [0.05, 0.1) is 26.9 Å². The topological polar surface area (TPSA) is 68.3 Å². The number of carbonyl (C=O) groups is 2. The molecule has 2 aromatic rings. The first kappa shape index (κ1) is 21.0. The van der Waals surface area contributed by atoms with Crippen molar-refractivity contribution in [3.05, 3.63) is 47.5 Å². The Hall–Kier alpha value is -3.22. The fraction of sp³-hybridized carbons (Fsp3) is 0.417. The molecular weight excluding hydrogens is 396 g/mol. The lowest BCUT2D eigenvalue weighted by atomic mass is 9.95. The zero-order valence-electron chi connectivity index (χ0n) is 18.2. The Bertz CT molecular complexity index is 982. The SMILES string of the molecule is COc1cc(OC)c(C(=O)N2CCC(N3C(=O)CCc4ccccc43)CC2)cc1OC. The number of benzene rings is 2. The molecule has 7 heteroatoms. The van der Waals surface area contributed by atoms with E-state index in [1.165, 1.54) is 19.8 Å². The minimum atomic E-state index is -0.110. The first-order chi connectivity index (χ1) is 15.1. The summed E-state index contributed by atoms with van der Waals surface area (Å²) in [5.41, 5.74) is 2.68. The molecule has 2 heterocycles. The van der Waals surface area contributed by atoms with Crippen molar-refractivity contribution in [2.24, 2.45) is 0 Å². The van der Waals surface area contributed by atoms with E-state index < -0.39 is 0 Å². The predicted molar refractivity (Wildman–Crippen MR) is 117 cm³/mol. The molecule has 0 bridgehead atoms. The van der Waals surface area contributed by atoms with Gasteiger partial charge in [0.25, 0.3) is 5.91 Å². The summed E-state index contributed by atoms with van der Waals surface area (Å²) < 4.78 is 16.1. The number of amides is 2. The van der Waals surface area contributed by atoms with Crippen LogP contribution in [0.2, 0.25) is 0 Å². The van der Waals surface area contributed by atoms with E-state index in [0.29, 0.717) is 42.3 Å². The van der Waals surface area contributed by atoms with Gasteiger partial charge in [0.2, 0.25) is 5.91 Å². The molecule has 1 saturated heterocycles. The van der Waals surface area contributed by atoms with Crippen LogP contribution in [0, 0.1) is 0 Å². The molecule has 2 aromatic carbocycles. The van der Waals surface area contributed by atoms with E-state index in [-0.39, 0.29) is 17.9 Å².